The number of benzene rings is 2. The summed E-state index contributed by atoms with van der Waals surface area (Å²) in [4.78, 5) is 11.7. The molecule has 0 unspecified atom stereocenters. The van der Waals surface area contributed by atoms with Gasteiger partial charge in [0, 0.05) is 4.47 Å². The van der Waals surface area contributed by atoms with Crippen LogP contribution in [0.3, 0.4) is 0 Å². The lowest BCUT2D eigenvalue weighted by Crippen LogP contribution is -2.50. The van der Waals surface area contributed by atoms with Gasteiger partial charge in [-0.15, -0.1) is 0 Å². The number of hydrogen-bond acceptors (Lipinski definition) is 3. The van der Waals surface area contributed by atoms with Crippen LogP contribution in [0, 0.1) is 6.92 Å². The van der Waals surface area contributed by atoms with E-state index in [1.165, 1.54) is 4.31 Å². The van der Waals surface area contributed by atoms with Gasteiger partial charge in [-0.25, -0.2) is 8.42 Å². The quantitative estimate of drug-likeness (QED) is 0.709. The zero-order valence-electron chi connectivity index (χ0n) is 15.1. The summed E-state index contributed by atoms with van der Waals surface area (Å²) in [5.41, 5.74) is 0.936. The second-order valence-electron chi connectivity index (χ2n) is 6.96. The van der Waals surface area contributed by atoms with Gasteiger partial charge in [-0.2, -0.15) is 4.31 Å². The van der Waals surface area contributed by atoms with E-state index in [0.29, 0.717) is 12.8 Å². The fourth-order valence-corrected chi connectivity index (χ4v) is 5.86. The first kappa shape index (κ1) is 20.0. The topological polar surface area (TPSA) is 74.7 Å². The third-order valence-corrected chi connectivity index (χ3v) is 7.63. The molecule has 1 aliphatic rings. The van der Waals surface area contributed by atoms with Gasteiger partial charge in [0.15, 0.2) is 0 Å². The molecule has 144 valence electrons. The first-order valence-corrected chi connectivity index (χ1v) is 11.1. The maximum atomic E-state index is 13.5. The van der Waals surface area contributed by atoms with Crippen LogP contribution in [-0.4, -0.2) is 30.3 Å². The van der Waals surface area contributed by atoms with Crippen molar-refractivity contribution in [2.75, 3.05) is 6.54 Å². The van der Waals surface area contributed by atoms with Crippen LogP contribution in [-0.2, 0) is 20.4 Å². The summed E-state index contributed by atoms with van der Waals surface area (Å²) in [5, 5.41) is 9.49. The van der Waals surface area contributed by atoms with Crippen molar-refractivity contribution in [1.82, 2.24) is 4.31 Å². The lowest BCUT2D eigenvalue weighted by molar-refractivity contribution is -0.138. The summed E-state index contributed by atoms with van der Waals surface area (Å²) in [6.45, 7) is 1.32. The molecule has 0 radical (unpaired) electrons. The van der Waals surface area contributed by atoms with Crippen molar-refractivity contribution < 1.29 is 18.3 Å². The predicted molar refractivity (Wildman–Crippen MR) is 107 cm³/mol. The van der Waals surface area contributed by atoms with Gasteiger partial charge in [-0.05, 0) is 49.6 Å². The van der Waals surface area contributed by atoms with Gasteiger partial charge in [0.1, 0.15) is 6.54 Å². The number of carbonyl (C=O) groups is 1. The number of aryl methyl sites for hydroxylation is 1. The van der Waals surface area contributed by atoms with Gasteiger partial charge in [-0.1, -0.05) is 58.6 Å². The van der Waals surface area contributed by atoms with E-state index in [1.807, 2.05) is 31.2 Å². The van der Waals surface area contributed by atoms with E-state index in [1.54, 1.807) is 24.3 Å². The molecule has 1 saturated carbocycles. The van der Waals surface area contributed by atoms with Gasteiger partial charge >= 0.3 is 5.97 Å². The van der Waals surface area contributed by atoms with Crippen molar-refractivity contribution in [3.05, 3.63) is 64.1 Å². The van der Waals surface area contributed by atoms with Gasteiger partial charge in [-0.3, -0.25) is 4.79 Å². The average Bonchev–Trinajstić information content (AvgIpc) is 3.11. The maximum absolute atomic E-state index is 13.5. The normalized spacial score (nSPS) is 16.6. The fourth-order valence-electron chi connectivity index (χ4n) is 3.83. The van der Waals surface area contributed by atoms with Crippen LogP contribution in [0.5, 0.6) is 0 Å². The van der Waals surface area contributed by atoms with E-state index in [4.69, 9.17) is 0 Å². The van der Waals surface area contributed by atoms with Gasteiger partial charge < -0.3 is 5.11 Å². The monoisotopic (exact) mass is 451 g/mol. The number of aliphatic carboxylic acids is 1. The van der Waals surface area contributed by atoms with E-state index in [2.05, 4.69) is 15.9 Å². The number of carboxylic acids is 1. The molecule has 0 saturated heterocycles. The van der Waals surface area contributed by atoms with E-state index < -0.39 is 28.1 Å². The summed E-state index contributed by atoms with van der Waals surface area (Å²) in [5.74, 6) is -1.16. The second-order valence-corrected chi connectivity index (χ2v) is 9.74. The Balaban J connectivity index is 2.15. The number of hydrogen-bond donors (Lipinski definition) is 1. The largest absolute Gasteiger partial charge is 0.480 e. The highest BCUT2D eigenvalue weighted by Crippen LogP contribution is 2.46. The molecule has 1 fully saturated rings. The Bertz CT molecular complexity index is 917. The highest BCUT2D eigenvalue weighted by atomic mass is 79.9. The zero-order chi connectivity index (χ0) is 19.7. The number of sulfonamides is 1. The molecule has 0 spiro atoms. The van der Waals surface area contributed by atoms with Crippen molar-refractivity contribution in [3.8, 4) is 0 Å². The van der Waals surface area contributed by atoms with Crippen LogP contribution in [0.1, 0.15) is 36.8 Å². The predicted octanol–water partition coefficient (Wildman–Crippen LogP) is 4.30. The molecule has 2 aromatic carbocycles. The average molecular weight is 452 g/mol. The molecule has 0 aliphatic heterocycles. The molecule has 1 N–H and O–H groups in total. The Labute approximate surface area is 168 Å². The van der Waals surface area contributed by atoms with Crippen LogP contribution in [0.25, 0.3) is 0 Å². The Morgan fingerprint density at radius 1 is 1.07 bits per heavy atom. The third-order valence-electron chi connectivity index (χ3n) is 5.18. The summed E-state index contributed by atoms with van der Waals surface area (Å²) >= 11 is 3.41. The Kier molecular flexibility index (Phi) is 5.74. The Morgan fingerprint density at radius 3 is 2.15 bits per heavy atom. The van der Waals surface area contributed by atoms with Crippen molar-refractivity contribution in [1.29, 1.82) is 0 Å². The molecule has 0 heterocycles. The molecule has 0 bridgehead atoms. The van der Waals surface area contributed by atoms with Crippen molar-refractivity contribution >= 4 is 31.9 Å². The minimum Gasteiger partial charge on any atom is -0.480 e. The number of rotatable bonds is 6. The van der Waals surface area contributed by atoms with Crippen LogP contribution >= 0.6 is 15.9 Å². The molecule has 0 atom stereocenters. The lowest BCUT2D eigenvalue weighted by Gasteiger charge is -2.40. The number of nitrogens with zero attached hydrogens (tertiary/aromatic N) is 1. The van der Waals surface area contributed by atoms with Crippen LogP contribution in [0.4, 0.5) is 0 Å². The smallest absolute Gasteiger partial charge is 0.318 e. The molecule has 3 rings (SSSR count). The second kappa shape index (κ2) is 7.73. The van der Waals surface area contributed by atoms with Crippen molar-refractivity contribution in [2.45, 2.75) is 43.0 Å². The minimum atomic E-state index is -3.97. The fraction of sp³-hybridized carbons (Fsp3) is 0.350. The van der Waals surface area contributed by atoms with E-state index in [9.17, 15) is 18.3 Å². The van der Waals surface area contributed by atoms with Gasteiger partial charge in [0.2, 0.25) is 10.0 Å². The standard InChI is InChI=1S/C20H22BrNO4S/c1-15-4-10-18(11-5-15)27(25,26)22(14-19(23)24)20(12-2-3-13-20)16-6-8-17(21)9-7-16/h4-11H,2-3,12-14H2,1H3,(H,23,24). The summed E-state index contributed by atoms with van der Waals surface area (Å²) in [7, 11) is -3.97. The van der Waals surface area contributed by atoms with Gasteiger partial charge in [0.25, 0.3) is 0 Å². The summed E-state index contributed by atoms with van der Waals surface area (Å²) in [6.07, 6.45) is 2.92. The number of halogens is 1. The SMILES string of the molecule is Cc1ccc(S(=O)(=O)N(CC(=O)O)C2(c3ccc(Br)cc3)CCCC2)cc1. The van der Waals surface area contributed by atoms with E-state index in [-0.39, 0.29) is 4.90 Å². The highest BCUT2D eigenvalue weighted by Gasteiger charge is 2.48. The summed E-state index contributed by atoms with van der Waals surface area (Å²) in [6, 6.07) is 14.1. The molecule has 0 aromatic heterocycles. The molecular formula is C20H22BrNO4S. The molecule has 27 heavy (non-hydrogen) atoms. The number of carboxylic acid groups (broad SMARTS) is 1. The molecule has 7 heteroatoms. The van der Waals surface area contributed by atoms with E-state index >= 15 is 0 Å². The van der Waals surface area contributed by atoms with Crippen LogP contribution < -0.4 is 0 Å². The van der Waals surface area contributed by atoms with E-state index in [0.717, 1.165) is 28.4 Å². The molecule has 1 aliphatic carbocycles. The zero-order valence-corrected chi connectivity index (χ0v) is 17.5. The van der Waals surface area contributed by atoms with Crippen molar-refractivity contribution in [3.63, 3.8) is 0 Å². The molecule has 2 aromatic rings. The minimum absolute atomic E-state index is 0.123. The summed E-state index contributed by atoms with van der Waals surface area (Å²) < 4.78 is 29.0. The van der Waals surface area contributed by atoms with Crippen LogP contribution in [0.15, 0.2) is 57.9 Å². The Morgan fingerprint density at radius 2 is 1.63 bits per heavy atom. The third kappa shape index (κ3) is 3.95. The first-order chi connectivity index (χ1) is 12.8. The maximum Gasteiger partial charge on any atom is 0.318 e. The first-order valence-electron chi connectivity index (χ1n) is 8.83. The van der Waals surface area contributed by atoms with Gasteiger partial charge in [0.05, 0.1) is 10.4 Å². The lowest BCUT2D eigenvalue weighted by atomic mass is 9.88. The highest BCUT2D eigenvalue weighted by molar-refractivity contribution is 9.10. The molecule has 5 nitrogen and oxygen atoms in total. The van der Waals surface area contributed by atoms with Crippen molar-refractivity contribution in [2.24, 2.45) is 0 Å². The van der Waals surface area contributed by atoms with Crippen LogP contribution in [0.2, 0.25) is 0 Å². The molecule has 0 amide bonds. The molecular weight excluding hydrogens is 430 g/mol. The Hall–Kier alpha value is -1.70.